The number of esters is 1. The number of para-hydroxylation sites is 2. The molecule has 3 aromatic rings. The van der Waals surface area contributed by atoms with E-state index < -0.39 is 24.4 Å². The van der Waals surface area contributed by atoms with Crippen LogP contribution in [0.25, 0.3) is 0 Å². The minimum Gasteiger partial charge on any atom is -0.457 e. The highest BCUT2D eigenvalue weighted by Gasteiger charge is 2.34. The van der Waals surface area contributed by atoms with Gasteiger partial charge in [-0.15, -0.1) is 11.3 Å². The number of aryl methyl sites for hydroxylation is 1. The number of rotatable bonds is 4. The molecule has 2 aromatic carbocycles. The maximum Gasteiger partial charge on any atom is 0.318 e. The number of thiophene rings is 1. The molecule has 0 saturated heterocycles. The van der Waals surface area contributed by atoms with Gasteiger partial charge in [-0.3, -0.25) is 9.59 Å². The molecule has 0 unspecified atom stereocenters. The zero-order valence-electron chi connectivity index (χ0n) is 17.2. The lowest BCUT2D eigenvalue weighted by atomic mass is 9.88. The number of ether oxygens (including phenoxy) is 2. The lowest BCUT2D eigenvalue weighted by Gasteiger charge is -2.26. The van der Waals surface area contributed by atoms with Crippen LogP contribution in [-0.2, 0) is 27.2 Å². The van der Waals surface area contributed by atoms with Crippen molar-refractivity contribution >= 4 is 28.2 Å². The molecule has 2 aliphatic rings. The van der Waals surface area contributed by atoms with Crippen LogP contribution < -0.4 is 10.1 Å². The van der Waals surface area contributed by atoms with Crippen LogP contribution in [0.4, 0.5) is 5.00 Å². The van der Waals surface area contributed by atoms with Crippen LogP contribution in [0.5, 0.6) is 11.5 Å². The predicted molar refractivity (Wildman–Crippen MR) is 120 cm³/mol. The second-order valence-corrected chi connectivity index (χ2v) is 8.90. The fraction of sp³-hybridized carbons (Fsp3) is 0.240. The van der Waals surface area contributed by atoms with Crippen molar-refractivity contribution in [1.29, 1.82) is 5.26 Å². The van der Waals surface area contributed by atoms with E-state index in [0.717, 1.165) is 36.1 Å². The van der Waals surface area contributed by atoms with Crippen LogP contribution >= 0.6 is 11.3 Å². The highest BCUT2D eigenvalue weighted by Crippen LogP contribution is 2.44. The van der Waals surface area contributed by atoms with Crippen molar-refractivity contribution in [3.8, 4) is 17.6 Å². The molecule has 7 heteroatoms. The summed E-state index contributed by atoms with van der Waals surface area (Å²) in [6.07, 6.45) is 3.94. The van der Waals surface area contributed by atoms with E-state index in [9.17, 15) is 14.9 Å². The van der Waals surface area contributed by atoms with Crippen molar-refractivity contribution in [2.24, 2.45) is 0 Å². The molecule has 0 radical (unpaired) electrons. The fourth-order valence-electron chi connectivity index (χ4n) is 4.32. The molecule has 0 spiro atoms. The van der Waals surface area contributed by atoms with E-state index in [1.54, 1.807) is 12.1 Å². The molecule has 0 bridgehead atoms. The standard InChI is InChI=1S/C25H20N2O4S/c26-13-18-15-7-3-6-12-21(15)32-24(18)27-22(28)14-30-25(29)23-16-8-1-4-10-19(16)31-20-11-5-2-9-17(20)23/h1-2,4-5,8-11,23H,3,6-7,12,14H2,(H,27,28). The van der Waals surface area contributed by atoms with Gasteiger partial charge in [-0.1, -0.05) is 36.4 Å². The van der Waals surface area contributed by atoms with Crippen molar-refractivity contribution in [2.45, 2.75) is 31.6 Å². The highest BCUT2D eigenvalue weighted by atomic mass is 32.1. The molecule has 1 N–H and O–H groups in total. The summed E-state index contributed by atoms with van der Waals surface area (Å²) in [6, 6.07) is 16.8. The first-order valence-corrected chi connectivity index (χ1v) is 11.3. The molecule has 32 heavy (non-hydrogen) atoms. The lowest BCUT2D eigenvalue weighted by molar-refractivity contribution is -0.148. The van der Waals surface area contributed by atoms with E-state index in [0.29, 0.717) is 33.2 Å². The van der Waals surface area contributed by atoms with Gasteiger partial charge in [0.25, 0.3) is 5.91 Å². The van der Waals surface area contributed by atoms with E-state index in [1.807, 2.05) is 36.4 Å². The van der Waals surface area contributed by atoms with E-state index in [4.69, 9.17) is 9.47 Å². The maximum atomic E-state index is 13.1. The second kappa shape index (κ2) is 8.48. The van der Waals surface area contributed by atoms with Gasteiger partial charge in [0, 0.05) is 16.0 Å². The van der Waals surface area contributed by atoms with Crippen LogP contribution in [0.1, 0.15) is 45.9 Å². The van der Waals surface area contributed by atoms with Gasteiger partial charge in [0.1, 0.15) is 28.5 Å². The molecule has 5 rings (SSSR count). The zero-order valence-corrected chi connectivity index (χ0v) is 18.0. The van der Waals surface area contributed by atoms with Gasteiger partial charge in [0.2, 0.25) is 0 Å². The van der Waals surface area contributed by atoms with Gasteiger partial charge in [-0.25, -0.2) is 0 Å². The molecule has 2 heterocycles. The Kier molecular flexibility index (Phi) is 5.38. The third-order valence-electron chi connectivity index (χ3n) is 5.80. The third-order valence-corrected chi connectivity index (χ3v) is 7.00. The first-order valence-electron chi connectivity index (χ1n) is 10.5. The van der Waals surface area contributed by atoms with Gasteiger partial charge in [-0.2, -0.15) is 5.26 Å². The topological polar surface area (TPSA) is 88.4 Å². The first kappa shape index (κ1) is 20.3. The van der Waals surface area contributed by atoms with E-state index in [1.165, 1.54) is 11.3 Å². The Balaban J connectivity index is 1.31. The summed E-state index contributed by atoms with van der Waals surface area (Å²) in [5.41, 5.74) is 2.99. The summed E-state index contributed by atoms with van der Waals surface area (Å²) < 4.78 is 11.3. The molecular formula is C25H20N2O4S. The number of anilines is 1. The number of hydrogen-bond donors (Lipinski definition) is 1. The van der Waals surface area contributed by atoms with Crippen LogP contribution in [-0.4, -0.2) is 18.5 Å². The van der Waals surface area contributed by atoms with Crippen LogP contribution in [0.15, 0.2) is 48.5 Å². The Labute approximate surface area is 189 Å². The normalized spacial score (nSPS) is 14.2. The Morgan fingerprint density at radius 1 is 1.06 bits per heavy atom. The van der Waals surface area contributed by atoms with Crippen molar-refractivity contribution in [3.05, 3.63) is 75.7 Å². The summed E-state index contributed by atoms with van der Waals surface area (Å²) in [6.45, 7) is -0.423. The number of nitrogens with zero attached hydrogens (tertiary/aromatic N) is 1. The van der Waals surface area contributed by atoms with Crippen LogP contribution in [0.3, 0.4) is 0 Å². The Morgan fingerprint density at radius 2 is 1.72 bits per heavy atom. The second-order valence-electron chi connectivity index (χ2n) is 7.79. The van der Waals surface area contributed by atoms with E-state index in [-0.39, 0.29) is 0 Å². The molecule has 0 fully saturated rings. The number of carbonyl (C=O) groups excluding carboxylic acids is 2. The van der Waals surface area contributed by atoms with Crippen LogP contribution in [0.2, 0.25) is 0 Å². The van der Waals surface area contributed by atoms with Gasteiger partial charge in [0.05, 0.1) is 5.56 Å². The number of carbonyl (C=O) groups is 2. The largest absolute Gasteiger partial charge is 0.457 e. The average Bonchev–Trinajstić information content (AvgIpc) is 3.17. The fourth-order valence-corrected chi connectivity index (χ4v) is 5.57. The van der Waals surface area contributed by atoms with Crippen molar-refractivity contribution in [1.82, 2.24) is 0 Å². The minimum absolute atomic E-state index is 0.423. The monoisotopic (exact) mass is 444 g/mol. The molecule has 0 atom stereocenters. The first-order chi connectivity index (χ1) is 15.7. The van der Waals surface area contributed by atoms with Gasteiger partial charge < -0.3 is 14.8 Å². The summed E-state index contributed by atoms with van der Waals surface area (Å²) in [7, 11) is 0. The molecule has 1 aromatic heterocycles. The molecule has 1 aliphatic heterocycles. The number of benzene rings is 2. The summed E-state index contributed by atoms with van der Waals surface area (Å²) in [5, 5.41) is 12.9. The Hall–Kier alpha value is -3.63. The number of hydrogen-bond acceptors (Lipinski definition) is 6. The average molecular weight is 445 g/mol. The molecule has 6 nitrogen and oxygen atoms in total. The molecule has 0 saturated carbocycles. The summed E-state index contributed by atoms with van der Waals surface area (Å²) in [4.78, 5) is 26.8. The number of fused-ring (bicyclic) bond motifs is 3. The van der Waals surface area contributed by atoms with Crippen molar-refractivity contribution in [2.75, 3.05) is 11.9 Å². The smallest absolute Gasteiger partial charge is 0.318 e. The van der Waals surface area contributed by atoms with Gasteiger partial charge in [0.15, 0.2) is 6.61 Å². The summed E-state index contributed by atoms with van der Waals surface area (Å²) >= 11 is 1.45. The number of amides is 1. The number of nitriles is 1. The van der Waals surface area contributed by atoms with Gasteiger partial charge >= 0.3 is 5.97 Å². The highest BCUT2D eigenvalue weighted by molar-refractivity contribution is 7.16. The number of nitrogens with one attached hydrogen (secondary N) is 1. The van der Waals surface area contributed by atoms with Crippen molar-refractivity contribution in [3.63, 3.8) is 0 Å². The van der Waals surface area contributed by atoms with E-state index in [2.05, 4.69) is 11.4 Å². The Bertz CT molecular complexity index is 1210. The molecule has 1 amide bonds. The van der Waals surface area contributed by atoms with E-state index >= 15 is 0 Å². The quantitative estimate of drug-likeness (QED) is 0.577. The minimum atomic E-state index is -0.673. The van der Waals surface area contributed by atoms with Gasteiger partial charge in [-0.05, 0) is 43.4 Å². The predicted octanol–water partition coefficient (Wildman–Crippen LogP) is 4.92. The van der Waals surface area contributed by atoms with Crippen molar-refractivity contribution < 1.29 is 19.1 Å². The molecular weight excluding hydrogens is 424 g/mol. The maximum absolute atomic E-state index is 13.1. The lowest BCUT2D eigenvalue weighted by Crippen LogP contribution is -2.26. The SMILES string of the molecule is N#Cc1c(NC(=O)COC(=O)C2c3ccccc3Oc3ccccc32)sc2c1CCCC2. The summed E-state index contributed by atoms with van der Waals surface area (Å²) in [5.74, 6) is -0.454. The third kappa shape index (κ3) is 3.63. The zero-order chi connectivity index (χ0) is 22.1. The van der Waals surface area contributed by atoms with Crippen LogP contribution in [0, 0.1) is 11.3 Å². The Morgan fingerprint density at radius 3 is 2.41 bits per heavy atom. The molecule has 1 aliphatic carbocycles. The molecule has 160 valence electrons.